The van der Waals surface area contributed by atoms with Gasteiger partial charge in [0.15, 0.2) is 0 Å². The van der Waals surface area contributed by atoms with Gasteiger partial charge in [0.05, 0.1) is 5.56 Å². The van der Waals surface area contributed by atoms with E-state index in [-0.39, 0.29) is 17.2 Å². The zero-order valence-corrected chi connectivity index (χ0v) is 18.2. The first-order valence-electron chi connectivity index (χ1n) is 10.8. The summed E-state index contributed by atoms with van der Waals surface area (Å²) in [6.07, 6.45) is 3.59. The summed E-state index contributed by atoms with van der Waals surface area (Å²) in [5.41, 5.74) is 3.68. The molecule has 1 atom stereocenters. The molecule has 4 rings (SSSR count). The number of carbonyl (C=O) groups excluding carboxylic acids is 2. The van der Waals surface area contributed by atoms with Crippen molar-refractivity contribution in [3.8, 4) is 0 Å². The summed E-state index contributed by atoms with van der Waals surface area (Å²) >= 11 is 1.57. The third-order valence-electron chi connectivity index (χ3n) is 6.92. The Morgan fingerprint density at radius 3 is 2.52 bits per heavy atom. The number of fused-ring (bicyclic) bond motifs is 2. The smallest absolute Gasteiger partial charge is 0.254 e. The summed E-state index contributed by atoms with van der Waals surface area (Å²) in [6, 6.07) is 10.6. The van der Waals surface area contributed by atoms with Crippen molar-refractivity contribution >= 4 is 23.2 Å². The normalized spacial score (nSPS) is 19.9. The molecule has 1 aromatic carbocycles. The first-order chi connectivity index (χ1) is 14.1. The number of carbonyl (C=O) groups is 2. The summed E-state index contributed by atoms with van der Waals surface area (Å²) in [5.74, 6) is 0.705. The van der Waals surface area contributed by atoms with Gasteiger partial charge in [0, 0.05) is 38.0 Å². The number of hydrogen-bond acceptors (Lipinski definition) is 3. The molecule has 0 saturated carbocycles. The molecule has 1 aliphatic carbocycles. The van der Waals surface area contributed by atoms with E-state index in [0.29, 0.717) is 12.3 Å². The summed E-state index contributed by atoms with van der Waals surface area (Å²) in [7, 11) is 0. The minimum atomic E-state index is 0.107. The lowest BCUT2D eigenvalue weighted by atomic mass is 9.73. The van der Waals surface area contributed by atoms with Crippen LogP contribution in [0, 0.1) is 0 Å². The lowest BCUT2D eigenvalue weighted by molar-refractivity contribution is -0.131. The van der Waals surface area contributed by atoms with Gasteiger partial charge in [-0.2, -0.15) is 11.3 Å². The second-order valence-electron chi connectivity index (χ2n) is 8.34. The Morgan fingerprint density at radius 1 is 1.14 bits per heavy atom. The van der Waals surface area contributed by atoms with Gasteiger partial charge >= 0.3 is 0 Å². The fraction of sp³-hybridized carbons (Fsp3) is 0.500. The highest BCUT2D eigenvalue weighted by Crippen LogP contribution is 2.52. The van der Waals surface area contributed by atoms with Crippen LogP contribution in [0.1, 0.15) is 66.9 Å². The maximum absolute atomic E-state index is 12.8. The van der Waals surface area contributed by atoms with Crippen LogP contribution in [0.4, 0.5) is 0 Å². The SMILES string of the molecule is CCN(CC)C(=O)C[C@H]1CC2(CCN(C(=O)c3ccsc3)CC2)c2ccccc21. The molecule has 4 nitrogen and oxygen atoms in total. The highest BCUT2D eigenvalue weighted by molar-refractivity contribution is 7.08. The van der Waals surface area contributed by atoms with Crippen LogP contribution in [0.15, 0.2) is 41.1 Å². The molecule has 2 amide bonds. The summed E-state index contributed by atoms with van der Waals surface area (Å²) in [4.78, 5) is 29.5. The Kier molecular flexibility index (Phi) is 5.77. The molecule has 1 spiro atoms. The molecule has 1 saturated heterocycles. The topological polar surface area (TPSA) is 40.6 Å². The first-order valence-corrected chi connectivity index (χ1v) is 11.7. The van der Waals surface area contributed by atoms with Gasteiger partial charge in [0.25, 0.3) is 5.91 Å². The van der Waals surface area contributed by atoms with Crippen LogP contribution >= 0.6 is 11.3 Å². The van der Waals surface area contributed by atoms with E-state index in [1.165, 1.54) is 11.1 Å². The maximum Gasteiger partial charge on any atom is 0.254 e. The fourth-order valence-electron chi connectivity index (χ4n) is 5.31. The standard InChI is InChI=1S/C24H30N2O2S/c1-3-25(4-2)22(27)15-19-16-24(21-8-6-5-7-20(19)21)10-12-26(13-11-24)23(28)18-9-14-29-17-18/h5-9,14,17,19H,3-4,10-13,15-16H2,1-2H3/t19-/m0/s1. The summed E-state index contributed by atoms with van der Waals surface area (Å²) < 4.78 is 0. The zero-order chi connectivity index (χ0) is 20.4. The highest BCUT2D eigenvalue weighted by Gasteiger charge is 2.46. The number of piperidine rings is 1. The van der Waals surface area contributed by atoms with E-state index < -0.39 is 0 Å². The van der Waals surface area contributed by atoms with E-state index >= 15 is 0 Å². The van der Waals surface area contributed by atoms with Gasteiger partial charge in [-0.15, -0.1) is 0 Å². The summed E-state index contributed by atoms with van der Waals surface area (Å²) in [6.45, 7) is 7.22. The van der Waals surface area contributed by atoms with Crippen LogP contribution < -0.4 is 0 Å². The molecule has 2 aromatic rings. The number of amides is 2. The second-order valence-corrected chi connectivity index (χ2v) is 9.12. The monoisotopic (exact) mass is 410 g/mol. The molecule has 0 bridgehead atoms. The van der Waals surface area contributed by atoms with Crippen LogP contribution in [0.3, 0.4) is 0 Å². The van der Waals surface area contributed by atoms with E-state index in [0.717, 1.165) is 51.0 Å². The zero-order valence-electron chi connectivity index (χ0n) is 17.4. The molecule has 29 heavy (non-hydrogen) atoms. The maximum atomic E-state index is 12.8. The van der Waals surface area contributed by atoms with E-state index in [2.05, 4.69) is 24.3 Å². The average molecular weight is 411 g/mol. The molecule has 0 radical (unpaired) electrons. The molecule has 5 heteroatoms. The van der Waals surface area contributed by atoms with Crippen LogP contribution in [0.5, 0.6) is 0 Å². The molecule has 0 unspecified atom stereocenters. The Morgan fingerprint density at radius 2 is 1.86 bits per heavy atom. The highest BCUT2D eigenvalue weighted by atomic mass is 32.1. The van der Waals surface area contributed by atoms with E-state index in [4.69, 9.17) is 0 Å². The molecule has 1 aromatic heterocycles. The van der Waals surface area contributed by atoms with Crippen molar-refractivity contribution in [2.45, 2.75) is 50.9 Å². The quantitative estimate of drug-likeness (QED) is 0.719. The molecular formula is C24H30N2O2S. The number of thiophene rings is 1. The van der Waals surface area contributed by atoms with E-state index in [9.17, 15) is 9.59 Å². The predicted molar refractivity (Wildman–Crippen MR) is 117 cm³/mol. The largest absolute Gasteiger partial charge is 0.343 e. The van der Waals surface area contributed by atoms with Gasteiger partial charge in [-0.25, -0.2) is 0 Å². The van der Waals surface area contributed by atoms with Gasteiger partial charge in [0.2, 0.25) is 5.91 Å². The summed E-state index contributed by atoms with van der Waals surface area (Å²) in [5, 5.41) is 3.90. The predicted octanol–water partition coefficient (Wildman–Crippen LogP) is 4.67. The number of benzene rings is 1. The number of nitrogens with zero attached hydrogens (tertiary/aromatic N) is 2. The Bertz CT molecular complexity index is 865. The first kappa shape index (κ1) is 20.1. The lowest BCUT2D eigenvalue weighted by Gasteiger charge is -2.40. The lowest BCUT2D eigenvalue weighted by Crippen LogP contribution is -2.44. The van der Waals surface area contributed by atoms with Gasteiger partial charge < -0.3 is 9.80 Å². The van der Waals surface area contributed by atoms with Crippen LogP contribution in [-0.4, -0.2) is 47.8 Å². The third-order valence-corrected chi connectivity index (χ3v) is 7.61. The van der Waals surface area contributed by atoms with Crippen LogP contribution in [0.2, 0.25) is 0 Å². The van der Waals surface area contributed by atoms with Gasteiger partial charge in [0.1, 0.15) is 0 Å². The second kappa shape index (κ2) is 8.31. The molecule has 2 aliphatic rings. The molecule has 1 fully saturated rings. The van der Waals surface area contributed by atoms with Gasteiger partial charge in [-0.1, -0.05) is 24.3 Å². The van der Waals surface area contributed by atoms with Crippen LogP contribution in [-0.2, 0) is 10.2 Å². The minimum Gasteiger partial charge on any atom is -0.343 e. The van der Waals surface area contributed by atoms with Crippen molar-refractivity contribution in [3.63, 3.8) is 0 Å². The molecule has 1 aliphatic heterocycles. The number of hydrogen-bond donors (Lipinski definition) is 0. The minimum absolute atomic E-state index is 0.107. The van der Waals surface area contributed by atoms with Crippen molar-refractivity contribution in [1.29, 1.82) is 0 Å². The Hall–Kier alpha value is -2.14. The van der Waals surface area contributed by atoms with Gasteiger partial charge in [-0.3, -0.25) is 9.59 Å². The van der Waals surface area contributed by atoms with Crippen molar-refractivity contribution in [2.24, 2.45) is 0 Å². The fourth-order valence-corrected chi connectivity index (χ4v) is 5.94. The van der Waals surface area contributed by atoms with E-state index in [1.54, 1.807) is 11.3 Å². The Balaban J connectivity index is 1.50. The van der Waals surface area contributed by atoms with Crippen molar-refractivity contribution < 1.29 is 9.59 Å². The van der Waals surface area contributed by atoms with Crippen molar-refractivity contribution in [2.75, 3.05) is 26.2 Å². The molecular weight excluding hydrogens is 380 g/mol. The van der Waals surface area contributed by atoms with Crippen molar-refractivity contribution in [3.05, 3.63) is 57.8 Å². The third kappa shape index (κ3) is 3.73. The number of rotatable bonds is 5. The van der Waals surface area contributed by atoms with E-state index in [1.807, 2.05) is 40.5 Å². The van der Waals surface area contributed by atoms with Crippen LogP contribution in [0.25, 0.3) is 0 Å². The van der Waals surface area contributed by atoms with Crippen molar-refractivity contribution in [1.82, 2.24) is 9.80 Å². The van der Waals surface area contributed by atoms with Gasteiger partial charge in [-0.05, 0) is 67.0 Å². The molecule has 0 N–H and O–H groups in total. The molecule has 2 heterocycles. The molecule has 154 valence electrons. The Labute approximate surface area is 177 Å². The average Bonchev–Trinajstić information content (AvgIpc) is 3.37. The number of likely N-dealkylation sites (tertiary alicyclic amines) is 1.